The van der Waals surface area contributed by atoms with Crippen molar-refractivity contribution in [2.24, 2.45) is 0 Å². The Bertz CT molecular complexity index is 680. The Morgan fingerprint density at radius 1 is 1.19 bits per heavy atom. The highest BCUT2D eigenvalue weighted by Gasteiger charge is 2.15. The highest BCUT2D eigenvalue weighted by atomic mass is 35.5. The largest absolute Gasteiger partial charge is 0.363 e. The SMILES string of the molecule is CCNCc1cc(S(=O)(=O)NCc2ccc(Cl)cc2)c[nH]1. The lowest BCUT2D eigenvalue weighted by molar-refractivity contribution is 0.581. The highest BCUT2D eigenvalue weighted by molar-refractivity contribution is 7.89. The predicted octanol–water partition coefficient (Wildman–Crippen LogP) is 2.26. The Balaban J connectivity index is 2.00. The Morgan fingerprint density at radius 2 is 1.90 bits per heavy atom. The third kappa shape index (κ3) is 4.57. The molecule has 1 aromatic carbocycles. The molecule has 1 aromatic heterocycles. The summed E-state index contributed by atoms with van der Waals surface area (Å²) in [7, 11) is -3.51. The minimum absolute atomic E-state index is 0.229. The van der Waals surface area contributed by atoms with Crippen molar-refractivity contribution < 1.29 is 8.42 Å². The molecule has 7 heteroatoms. The van der Waals surface area contributed by atoms with Gasteiger partial charge in [0.1, 0.15) is 0 Å². The number of hydrogen-bond donors (Lipinski definition) is 3. The monoisotopic (exact) mass is 327 g/mol. The Kier molecular flexibility index (Phi) is 5.41. The van der Waals surface area contributed by atoms with E-state index in [0.29, 0.717) is 11.6 Å². The first-order valence-electron chi connectivity index (χ1n) is 6.63. The van der Waals surface area contributed by atoms with Crippen LogP contribution in [0.15, 0.2) is 41.4 Å². The van der Waals surface area contributed by atoms with Gasteiger partial charge >= 0.3 is 0 Å². The van der Waals surface area contributed by atoms with Crippen molar-refractivity contribution in [3.8, 4) is 0 Å². The summed E-state index contributed by atoms with van der Waals surface area (Å²) in [5.74, 6) is 0. The maximum absolute atomic E-state index is 12.2. The minimum Gasteiger partial charge on any atom is -0.363 e. The number of aromatic amines is 1. The third-order valence-corrected chi connectivity index (χ3v) is 4.60. The first-order valence-corrected chi connectivity index (χ1v) is 8.49. The molecule has 114 valence electrons. The third-order valence-electron chi connectivity index (χ3n) is 2.97. The summed E-state index contributed by atoms with van der Waals surface area (Å²) in [6.07, 6.45) is 1.50. The smallest absolute Gasteiger partial charge is 0.242 e. The molecule has 1 heterocycles. The number of aromatic nitrogens is 1. The van der Waals surface area contributed by atoms with Crippen LogP contribution in [0.3, 0.4) is 0 Å². The van der Waals surface area contributed by atoms with Crippen LogP contribution in [0.2, 0.25) is 5.02 Å². The second-order valence-corrected chi connectivity index (χ2v) is 6.80. The molecule has 0 saturated carbocycles. The van der Waals surface area contributed by atoms with E-state index in [9.17, 15) is 8.42 Å². The molecule has 0 saturated heterocycles. The first-order chi connectivity index (χ1) is 10.0. The van der Waals surface area contributed by atoms with Crippen molar-refractivity contribution in [2.75, 3.05) is 6.54 Å². The zero-order valence-corrected chi connectivity index (χ0v) is 13.3. The van der Waals surface area contributed by atoms with Crippen LogP contribution in [0.1, 0.15) is 18.2 Å². The molecule has 0 radical (unpaired) electrons. The standard InChI is InChI=1S/C14H18ClN3O2S/c1-2-16-9-13-7-14(10-17-13)21(19,20)18-8-11-3-5-12(15)6-4-11/h3-7,10,16-18H,2,8-9H2,1H3. The van der Waals surface area contributed by atoms with E-state index >= 15 is 0 Å². The van der Waals surface area contributed by atoms with E-state index in [2.05, 4.69) is 15.0 Å². The summed E-state index contributed by atoms with van der Waals surface area (Å²) in [6, 6.07) is 8.68. The van der Waals surface area contributed by atoms with Gasteiger partial charge in [-0.05, 0) is 30.3 Å². The fourth-order valence-corrected chi connectivity index (χ4v) is 2.96. The lowest BCUT2D eigenvalue weighted by Gasteiger charge is -2.05. The van der Waals surface area contributed by atoms with E-state index in [4.69, 9.17) is 11.6 Å². The minimum atomic E-state index is -3.51. The topological polar surface area (TPSA) is 74.0 Å². The zero-order valence-electron chi connectivity index (χ0n) is 11.7. The van der Waals surface area contributed by atoms with Crippen molar-refractivity contribution >= 4 is 21.6 Å². The van der Waals surface area contributed by atoms with Crippen molar-refractivity contribution in [2.45, 2.75) is 24.9 Å². The van der Waals surface area contributed by atoms with Crippen LogP contribution in [0, 0.1) is 0 Å². The molecule has 0 fully saturated rings. The van der Waals surface area contributed by atoms with E-state index in [1.165, 1.54) is 6.20 Å². The normalized spacial score (nSPS) is 11.7. The van der Waals surface area contributed by atoms with Crippen LogP contribution in [-0.2, 0) is 23.1 Å². The van der Waals surface area contributed by atoms with Crippen LogP contribution >= 0.6 is 11.6 Å². The van der Waals surface area contributed by atoms with Crippen molar-refractivity contribution in [1.82, 2.24) is 15.0 Å². The van der Waals surface area contributed by atoms with Gasteiger partial charge in [0.2, 0.25) is 10.0 Å². The van der Waals surface area contributed by atoms with Crippen molar-refractivity contribution in [3.05, 3.63) is 52.8 Å². The van der Waals surface area contributed by atoms with Crippen LogP contribution in [-0.4, -0.2) is 19.9 Å². The van der Waals surface area contributed by atoms with Crippen LogP contribution in [0.5, 0.6) is 0 Å². The van der Waals surface area contributed by atoms with Gasteiger partial charge in [-0.25, -0.2) is 13.1 Å². The number of nitrogens with one attached hydrogen (secondary N) is 3. The Morgan fingerprint density at radius 3 is 2.57 bits per heavy atom. The van der Waals surface area contributed by atoms with Gasteiger partial charge < -0.3 is 10.3 Å². The number of sulfonamides is 1. The van der Waals surface area contributed by atoms with Crippen LogP contribution < -0.4 is 10.0 Å². The lowest BCUT2D eigenvalue weighted by Crippen LogP contribution is -2.22. The maximum atomic E-state index is 12.2. The van der Waals surface area contributed by atoms with Gasteiger partial charge in [0.05, 0.1) is 4.90 Å². The zero-order chi connectivity index (χ0) is 15.3. The Hall–Kier alpha value is -1.34. The van der Waals surface area contributed by atoms with E-state index in [1.807, 2.05) is 6.92 Å². The second kappa shape index (κ2) is 7.09. The second-order valence-electron chi connectivity index (χ2n) is 4.59. The van der Waals surface area contributed by atoms with E-state index in [0.717, 1.165) is 17.8 Å². The summed E-state index contributed by atoms with van der Waals surface area (Å²) < 4.78 is 26.9. The summed E-state index contributed by atoms with van der Waals surface area (Å²) in [4.78, 5) is 3.19. The molecule has 0 aliphatic rings. The van der Waals surface area contributed by atoms with Crippen LogP contribution in [0.25, 0.3) is 0 Å². The quantitative estimate of drug-likeness (QED) is 0.730. The number of H-pyrrole nitrogens is 1. The molecule has 5 nitrogen and oxygen atoms in total. The average Bonchev–Trinajstić information content (AvgIpc) is 2.94. The molecule has 3 N–H and O–H groups in total. The molecule has 0 aliphatic heterocycles. The average molecular weight is 328 g/mol. The Labute approximate surface area is 129 Å². The number of rotatable bonds is 7. The van der Waals surface area contributed by atoms with E-state index in [1.54, 1.807) is 30.3 Å². The van der Waals surface area contributed by atoms with Crippen molar-refractivity contribution in [3.63, 3.8) is 0 Å². The molecule has 2 rings (SSSR count). The fourth-order valence-electron chi connectivity index (χ4n) is 1.80. The lowest BCUT2D eigenvalue weighted by atomic mass is 10.2. The fraction of sp³-hybridized carbons (Fsp3) is 0.286. The molecule has 0 bridgehead atoms. The molecule has 0 atom stereocenters. The molecular weight excluding hydrogens is 310 g/mol. The van der Waals surface area contributed by atoms with Crippen molar-refractivity contribution in [1.29, 1.82) is 0 Å². The van der Waals surface area contributed by atoms with Gasteiger partial charge in [-0.15, -0.1) is 0 Å². The van der Waals surface area contributed by atoms with E-state index in [-0.39, 0.29) is 11.4 Å². The first kappa shape index (κ1) is 16.0. The van der Waals surface area contributed by atoms with Gasteiger partial charge in [-0.2, -0.15) is 0 Å². The van der Waals surface area contributed by atoms with Gasteiger partial charge in [0.25, 0.3) is 0 Å². The molecule has 0 spiro atoms. The van der Waals surface area contributed by atoms with E-state index < -0.39 is 10.0 Å². The molecular formula is C14H18ClN3O2S. The van der Waals surface area contributed by atoms with Gasteiger partial charge in [0.15, 0.2) is 0 Å². The van der Waals surface area contributed by atoms with Gasteiger partial charge in [-0.1, -0.05) is 30.7 Å². The number of halogens is 1. The van der Waals surface area contributed by atoms with Crippen LogP contribution in [0.4, 0.5) is 0 Å². The molecule has 0 unspecified atom stereocenters. The highest BCUT2D eigenvalue weighted by Crippen LogP contribution is 2.13. The summed E-state index contributed by atoms with van der Waals surface area (Å²) in [5, 5.41) is 3.76. The number of hydrogen-bond acceptors (Lipinski definition) is 3. The summed E-state index contributed by atoms with van der Waals surface area (Å²) in [5.41, 5.74) is 1.69. The van der Waals surface area contributed by atoms with Gasteiger partial charge in [-0.3, -0.25) is 0 Å². The molecule has 2 aromatic rings. The molecule has 0 aliphatic carbocycles. The number of benzene rings is 1. The summed E-state index contributed by atoms with van der Waals surface area (Å²) in [6.45, 7) is 3.67. The molecule has 0 amide bonds. The molecule has 21 heavy (non-hydrogen) atoms. The predicted molar refractivity (Wildman–Crippen MR) is 83.7 cm³/mol. The maximum Gasteiger partial charge on any atom is 0.242 e. The van der Waals surface area contributed by atoms with Gasteiger partial charge in [0, 0.05) is 30.0 Å². The summed E-state index contributed by atoms with van der Waals surface area (Å²) >= 11 is 5.79.